The Morgan fingerprint density at radius 3 is 2.28 bits per heavy atom. The van der Waals surface area contributed by atoms with E-state index in [9.17, 15) is 13.2 Å². The summed E-state index contributed by atoms with van der Waals surface area (Å²) in [7, 11) is 0. The molecule has 0 aliphatic rings. The molecule has 2 aromatic rings. The largest absolute Gasteiger partial charge is 0.324 e. The monoisotopic (exact) mass is 251 g/mol. The van der Waals surface area contributed by atoms with Gasteiger partial charge in [-0.1, -0.05) is 30.3 Å². The van der Waals surface area contributed by atoms with E-state index in [2.05, 4.69) is 0 Å². The maximum absolute atomic E-state index is 13.5. The molecule has 1 atom stereocenters. The summed E-state index contributed by atoms with van der Waals surface area (Å²) in [5, 5.41) is 0. The van der Waals surface area contributed by atoms with Gasteiger partial charge in [0.1, 0.15) is 5.82 Å². The van der Waals surface area contributed by atoms with Gasteiger partial charge in [0, 0.05) is 11.6 Å². The fraction of sp³-hybridized carbons (Fsp3) is 0.143. The summed E-state index contributed by atoms with van der Waals surface area (Å²) in [5.74, 6) is -2.29. The maximum atomic E-state index is 13.5. The summed E-state index contributed by atoms with van der Waals surface area (Å²) in [6, 6.07) is 9.21. The van der Waals surface area contributed by atoms with Crippen molar-refractivity contribution in [3.8, 4) is 0 Å². The zero-order chi connectivity index (χ0) is 13.1. The van der Waals surface area contributed by atoms with E-state index in [0.717, 1.165) is 6.07 Å². The second-order valence-corrected chi connectivity index (χ2v) is 4.05. The molecule has 0 saturated heterocycles. The van der Waals surface area contributed by atoms with Crippen LogP contribution in [0.2, 0.25) is 0 Å². The van der Waals surface area contributed by atoms with Crippen LogP contribution in [0, 0.1) is 17.5 Å². The molecule has 2 rings (SSSR count). The first-order valence-corrected chi connectivity index (χ1v) is 5.52. The van der Waals surface area contributed by atoms with E-state index in [1.54, 1.807) is 12.1 Å². The Kier molecular flexibility index (Phi) is 3.67. The molecule has 0 aromatic heterocycles. The Balaban J connectivity index is 2.24. The van der Waals surface area contributed by atoms with Crippen LogP contribution >= 0.6 is 0 Å². The summed E-state index contributed by atoms with van der Waals surface area (Å²) in [6.45, 7) is 0. The first-order valence-electron chi connectivity index (χ1n) is 5.52. The minimum Gasteiger partial charge on any atom is -0.324 e. The van der Waals surface area contributed by atoms with Crippen molar-refractivity contribution < 1.29 is 13.2 Å². The van der Waals surface area contributed by atoms with Crippen molar-refractivity contribution in [3.05, 3.63) is 71.0 Å². The lowest BCUT2D eigenvalue weighted by Gasteiger charge is -2.13. The Bertz CT molecular complexity index is 554. The average molecular weight is 251 g/mol. The van der Waals surface area contributed by atoms with Crippen molar-refractivity contribution in [1.29, 1.82) is 0 Å². The predicted molar refractivity (Wildman–Crippen MR) is 63.4 cm³/mol. The molecule has 0 aliphatic carbocycles. The van der Waals surface area contributed by atoms with E-state index in [4.69, 9.17) is 5.73 Å². The van der Waals surface area contributed by atoms with Gasteiger partial charge in [-0.15, -0.1) is 0 Å². The zero-order valence-electron chi connectivity index (χ0n) is 9.54. The summed E-state index contributed by atoms with van der Waals surface area (Å²) in [5.41, 5.74) is 6.25. The van der Waals surface area contributed by atoms with E-state index >= 15 is 0 Å². The molecule has 1 unspecified atom stereocenters. The minimum absolute atomic E-state index is 0.0462. The average Bonchev–Trinajstić information content (AvgIpc) is 2.35. The molecular weight excluding hydrogens is 239 g/mol. The van der Waals surface area contributed by atoms with Crippen molar-refractivity contribution in [1.82, 2.24) is 0 Å². The van der Waals surface area contributed by atoms with E-state index in [-0.39, 0.29) is 12.0 Å². The first-order chi connectivity index (χ1) is 8.59. The molecule has 0 bridgehead atoms. The highest BCUT2D eigenvalue weighted by Gasteiger charge is 2.15. The molecule has 0 fully saturated rings. The lowest BCUT2D eigenvalue weighted by molar-refractivity contribution is 0.492. The van der Waals surface area contributed by atoms with Crippen molar-refractivity contribution in [2.75, 3.05) is 0 Å². The van der Waals surface area contributed by atoms with Crippen molar-refractivity contribution in [2.24, 2.45) is 5.73 Å². The van der Waals surface area contributed by atoms with Gasteiger partial charge < -0.3 is 5.73 Å². The van der Waals surface area contributed by atoms with Gasteiger partial charge in [0.2, 0.25) is 0 Å². The number of hydrogen-bond donors (Lipinski definition) is 1. The first kappa shape index (κ1) is 12.6. The predicted octanol–water partition coefficient (Wildman–Crippen LogP) is 3.35. The molecule has 4 heteroatoms. The number of halogens is 3. The summed E-state index contributed by atoms with van der Waals surface area (Å²) >= 11 is 0. The van der Waals surface area contributed by atoms with E-state index < -0.39 is 23.5 Å². The molecule has 0 heterocycles. The lowest BCUT2D eigenvalue weighted by Crippen LogP contribution is -2.16. The van der Waals surface area contributed by atoms with Crippen LogP contribution in [-0.2, 0) is 6.42 Å². The smallest absolute Gasteiger partial charge is 0.162 e. The highest BCUT2D eigenvalue weighted by molar-refractivity contribution is 5.26. The van der Waals surface area contributed by atoms with Crippen LogP contribution in [0.1, 0.15) is 17.2 Å². The molecule has 0 radical (unpaired) electrons. The SMILES string of the molecule is NC(Cc1cccc(F)c1F)c1ccccc1F. The standard InChI is InChI=1S/C14H12F3N/c15-11-6-2-1-5-10(11)13(18)8-9-4-3-7-12(16)14(9)17/h1-7,13H,8,18H2. The lowest BCUT2D eigenvalue weighted by atomic mass is 9.99. The molecule has 18 heavy (non-hydrogen) atoms. The molecule has 0 saturated carbocycles. The molecule has 2 aromatic carbocycles. The Morgan fingerprint density at radius 1 is 0.889 bits per heavy atom. The van der Waals surface area contributed by atoms with Crippen molar-refractivity contribution >= 4 is 0 Å². The van der Waals surface area contributed by atoms with Gasteiger partial charge in [-0.2, -0.15) is 0 Å². The van der Waals surface area contributed by atoms with Crippen LogP contribution in [0.25, 0.3) is 0 Å². The van der Waals surface area contributed by atoms with Gasteiger partial charge in [0.15, 0.2) is 11.6 Å². The van der Waals surface area contributed by atoms with Crippen LogP contribution < -0.4 is 5.73 Å². The van der Waals surface area contributed by atoms with Crippen molar-refractivity contribution in [3.63, 3.8) is 0 Å². The summed E-state index contributed by atoms with van der Waals surface area (Å²) in [4.78, 5) is 0. The molecule has 94 valence electrons. The third-order valence-corrected chi connectivity index (χ3v) is 2.78. The Labute approximate surface area is 103 Å². The van der Waals surface area contributed by atoms with Gasteiger partial charge in [-0.3, -0.25) is 0 Å². The third-order valence-electron chi connectivity index (χ3n) is 2.78. The fourth-order valence-corrected chi connectivity index (χ4v) is 1.83. The number of rotatable bonds is 3. The van der Waals surface area contributed by atoms with E-state index in [0.29, 0.717) is 5.56 Å². The van der Waals surface area contributed by atoms with Crippen LogP contribution in [0.5, 0.6) is 0 Å². The summed E-state index contributed by atoms with van der Waals surface area (Å²) in [6.07, 6.45) is 0.0462. The van der Waals surface area contributed by atoms with Gasteiger partial charge >= 0.3 is 0 Å². The normalized spacial score (nSPS) is 12.4. The van der Waals surface area contributed by atoms with Crippen molar-refractivity contribution in [2.45, 2.75) is 12.5 Å². The molecule has 2 N–H and O–H groups in total. The molecule has 0 spiro atoms. The maximum Gasteiger partial charge on any atom is 0.162 e. The number of benzene rings is 2. The van der Waals surface area contributed by atoms with Gasteiger partial charge in [0.25, 0.3) is 0 Å². The fourth-order valence-electron chi connectivity index (χ4n) is 1.83. The Morgan fingerprint density at radius 2 is 1.56 bits per heavy atom. The highest BCUT2D eigenvalue weighted by Crippen LogP contribution is 2.21. The third kappa shape index (κ3) is 2.54. The molecule has 1 nitrogen and oxygen atoms in total. The van der Waals surface area contributed by atoms with Gasteiger partial charge in [-0.25, -0.2) is 13.2 Å². The molecule has 0 aliphatic heterocycles. The second kappa shape index (κ2) is 5.23. The zero-order valence-corrected chi connectivity index (χ0v) is 9.54. The molecular formula is C14H12F3N. The summed E-state index contributed by atoms with van der Waals surface area (Å²) < 4.78 is 40.0. The van der Waals surface area contributed by atoms with Gasteiger partial charge in [-0.05, 0) is 24.1 Å². The Hall–Kier alpha value is -1.81. The van der Waals surface area contributed by atoms with Crippen LogP contribution in [-0.4, -0.2) is 0 Å². The topological polar surface area (TPSA) is 26.0 Å². The number of nitrogens with two attached hydrogens (primary N) is 1. The van der Waals surface area contributed by atoms with Gasteiger partial charge in [0.05, 0.1) is 0 Å². The van der Waals surface area contributed by atoms with Crippen LogP contribution in [0.15, 0.2) is 42.5 Å². The van der Waals surface area contributed by atoms with Crippen LogP contribution in [0.3, 0.4) is 0 Å². The molecule has 0 amide bonds. The number of hydrogen-bond acceptors (Lipinski definition) is 1. The quantitative estimate of drug-likeness (QED) is 0.889. The second-order valence-electron chi connectivity index (χ2n) is 4.05. The minimum atomic E-state index is -0.927. The van der Waals surface area contributed by atoms with Crippen LogP contribution in [0.4, 0.5) is 13.2 Å². The highest BCUT2D eigenvalue weighted by atomic mass is 19.2. The van der Waals surface area contributed by atoms with E-state index in [1.165, 1.54) is 24.3 Å². The van der Waals surface area contributed by atoms with E-state index in [1.807, 2.05) is 0 Å².